The molecule has 0 saturated heterocycles. The Morgan fingerprint density at radius 3 is 2.50 bits per heavy atom. The van der Waals surface area contributed by atoms with Gasteiger partial charge in [-0.3, -0.25) is 0 Å². The topological polar surface area (TPSA) is 65.8 Å². The fraction of sp³-hybridized carbons (Fsp3) is 0.333. The van der Waals surface area contributed by atoms with E-state index in [1.807, 2.05) is 13.8 Å². The Kier molecular flexibility index (Phi) is 4.55. The number of nitrogens with zero attached hydrogens (tertiary/aromatic N) is 3. The maximum atomic E-state index is 12.1. The maximum absolute atomic E-state index is 12.1. The van der Waals surface area contributed by atoms with Crippen LogP contribution in [0.15, 0.2) is 35.4 Å². The van der Waals surface area contributed by atoms with Crippen LogP contribution in [0.2, 0.25) is 0 Å². The Labute approximate surface area is 112 Å². The number of anilines is 1. The Bertz CT molecular complexity index is 558. The zero-order chi connectivity index (χ0) is 12.4. The average Bonchev–Trinajstić information content (AvgIpc) is 2.71. The van der Waals surface area contributed by atoms with Crippen LogP contribution < -0.4 is 11.4 Å². The molecule has 1 heterocycles. The predicted molar refractivity (Wildman–Crippen MR) is 74.5 cm³/mol. The minimum absolute atomic E-state index is 0. The van der Waals surface area contributed by atoms with Crippen molar-refractivity contribution in [2.45, 2.75) is 26.3 Å². The summed E-state index contributed by atoms with van der Waals surface area (Å²) in [5.74, 6) is 0. The van der Waals surface area contributed by atoms with Crippen LogP contribution in [-0.2, 0) is 0 Å². The third-order valence-corrected chi connectivity index (χ3v) is 2.87. The van der Waals surface area contributed by atoms with Crippen LogP contribution in [0, 0.1) is 0 Å². The SMILES string of the molecule is CCC(C)n1ncn(-c2ccc(N)cc2)c1=O.Cl. The first-order valence-electron chi connectivity index (χ1n) is 5.65. The van der Waals surface area contributed by atoms with Gasteiger partial charge in [-0.1, -0.05) is 6.92 Å². The van der Waals surface area contributed by atoms with Crippen molar-refractivity contribution in [2.75, 3.05) is 5.73 Å². The Morgan fingerprint density at radius 2 is 1.94 bits per heavy atom. The molecule has 1 atom stereocenters. The van der Waals surface area contributed by atoms with Crippen LogP contribution in [0.25, 0.3) is 5.69 Å². The van der Waals surface area contributed by atoms with Gasteiger partial charge in [0.05, 0.1) is 11.7 Å². The molecule has 1 aromatic heterocycles. The number of hydrogen-bond acceptors (Lipinski definition) is 3. The van der Waals surface area contributed by atoms with E-state index in [0.717, 1.165) is 12.1 Å². The summed E-state index contributed by atoms with van der Waals surface area (Å²) in [7, 11) is 0. The molecule has 5 nitrogen and oxygen atoms in total. The molecule has 0 aliphatic heterocycles. The number of nitrogens with two attached hydrogens (primary N) is 1. The first kappa shape index (κ1) is 14.3. The molecule has 0 aliphatic carbocycles. The molecule has 2 aromatic rings. The molecule has 2 N–H and O–H groups in total. The molecule has 0 aliphatic rings. The number of hydrogen-bond donors (Lipinski definition) is 1. The van der Waals surface area contributed by atoms with Crippen LogP contribution in [0.3, 0.4) is 0 Å². The molecule has 0 bridgehead atoms. The summed E-state index contributed by atoms with van der Waals surface area (Å²) in [6.07, 6.45) is 2.42. The van der Waals surface area contributed by atoms with Crippen LogP contribution >= 0.6 is 12.4 Å². The molecule has 1 unspecified atom stereocenters. The number of rotatable bonds is 3. The molecule has 0 amide bonds. The van der Waals surface area contributed by atoms with Gasteiger partial charge < -0.3 is 5.73 Å². The lowest BCUT2D eigenvalue weighted by Gasteiger charge is -2.06. The summed E-state index contributed by atoms with van der Waals surface area (Å²) >= 11 is 0. The highest BCUT2D eigenvalue weighted by Gasteiger charge is 2.10. The molecule has 98 valence electrons. The molecule has 18 heavy (non-hydrogen) atoms. The zero-order valence-corrected chi connectivity index (χ0v) is 11.2. The quantitative estimate of drug-likeness (QED) is 0.866. The van der Waals surface area contributed by atoms with E-state index in [-0.39, 0.29) is 24.1 Å². The molecule has 0 radical (unpaired) electrons. The Morgan fingerprint density at radius 1 is 1.33 bits per heavy atom. The summed E-state index contributed by atoms with van der Waals surface area (Å²) in [6.45, 7) is 4.00. The second kappa shape index (κ2) is 5.73. The second-order valence-electron chi connectivity index (χ2n) is 4.08. The maximum Gasteiger partial charge on any atom is 0.350 e. The minimum Gasteiger partial charge on any atom is -0.399 e. The van der Waals surface area contributed by atoms with Crippen molar-refractivity contribution in [3.63, 3.8) is 0 Å². The van der Waals surface area contributed by atoms with E-state index in [0.29, 0.717) is 5.69 Å². The Hall–Kier alpha value is -1.75. The lowest BCUT2D eigenvalue weighted by atomic mass is 10.3. The summed E-state index contributed by atoms with van der Waals surface area (Å²) in [5, 5.41) is 4.12. The molecular formula is C12H17ClN4O. The third-order valence-electron chi connectivity index (χ3n) is 2.87. The van der Waals surface area contributed by atoms with Crippen molar-refractivity contribution in [1.29, 1.82) is 0 Å². The monoisotopic (exact) mass is 268 g/mol. The highest BCUT2D eigenvalue weighted by atomic mass is 35.5. The number of nitrogen functional groups attached to an aromatic ring is 1. The van der Waals surface area contributed by atoms with Crippen LogP contribution in [0.1, 0.15) is 26.3 Å². The highest BCUT2D eigenvalue weighted by molar-refractivity contribution is 5.85. The number of halogens is 1. The smallest absolute Gasteiger partial charge is 0.350 e. The van der Waals surface area contributed by atoms with Crippen molar-refractivity contribution in [3.05, 3.63) is 41.1 Å². The third kappa shape index (κ3) is 2.56. The van der Waals surface area contributed by atoms with E-state index < -0.39 is 0 Å². The van der Waals surface area contributed by atoms with Gasteiger partial charge in [0.2, 0.25) is 0 Å². The van der Waals surface area contributed by atoms with E-state index >= 15 is 0 Å². The van der Waals surface area contributed by atoms with E-state index in [4.69, 9.17) is 5.73 Å². The highest BCUT2D eigenvalue weighted by Crippen LogP contribution is 2.10. The summed E-state index contributed by atoms with van der Waals surface area (Å²) in [5.41, 5.74) is 6.94. The molecule has 0 saturated carbocycles. The van der Waals surface area contributed by atoms with Crippen molar-refractivity contribution < 1.29 is 0 Å². The first-order valence-corrected chi connectivity index (χ1v) is 5.65. The van der Waals surface area contributed by atoms with E-state index in [2.05, 4.69) is 5.10 Å². The summed E-state index contributed by atoms with van der Waals surface area (Å²) in [6, 6.07) is 7.25. The van der Waals surface area contributed by atoms with Crippen LogP contribution in [0.5, 0.6) is 0 Å². The molecule has 2 rings (SSSR count). The van der Waals surface area contributed by atoms with Crippen molar-refractivity contribution in [2.24, 2.45) is 0 Å². The van der Waals surface area contributed by atoms with Gasteiger partial charge in [-0.2, -0.15) is 5.10 Å². The Balaban J connectivity index is 0.00000162. The van der Waals surface area contributed by atoms with Gasteiger partial charge in [-0.25, -0.2) is 14.0 Å². The lowest BCUT2D eigenvalue weighted by molar-refractivity contribution is 0.460. The molecule has 0 fully saturated rings. The molecule has 6 heteroatoms. The standard InChI is InChI=1S/C12H16N4O.ClH/c1-3-9(2)16-12(17)15(8-14-16)11-6-4-10(13)5-7-11;/h4-9H,3,13H2,1-2H3;1H. The fourth-order valence-corrected chi connectivity index (χ4v) is 1.60. The largest absolute Gasteiger partial charge is 0.399 e. The average molecular weight is 269 g/mol. The van der Waals surface area contributed by atoms with Crippen LogP contribution in [-0.4, -0.2) is 14.3 Å². The molecular weight excluding hydrogens is 252 g/mol. The summed E-state index contributed by atoms with van der Waals surface area (Å²) < 4.78 is 3.02. The van der Waals surface area contributed by atoms with Gasteiger partial charge in [0.1, 0.15) is 6.33 Å². The molecule has 0 spiro atoms. The van der Waals surface area contributed by atoms with Crippen LogP contribution in [0.4, 0.5) is 5.69 Å². The minimum atomic E-state index is -0.121. The van der Waals surface area contributed by atoms with E-state index in [1.54, 1.807) is 30.6 Å². The van der Waals surface area contributed by atoms with Crippen molar-refractivity contribution in [3.8, 4) is 5.69 Å². The van der Waals surface area contributed by atoms with E-state index in [9.17, 15) is 4.79 Å². The first-order chi connectivity index (χ1) is 8.13. The fourth-order valence-electron chi connectivity index (χ4n) is 1.60. The predicted octanol–water partition coefficient (Wildman–Crippen LogP) is 2.01. The van der Waals surface area contributed by atoms with Gasteiger partial charge in [0.15, 0.2) is 0 Å². The van der Waals surface area contributed by atoms with Gasteiger partial charge in [0, 0.05) is 5.69 Å². The van der Waals surface area contributed by atoms with Crippen molar-refractivity contribution >= 4 is 18.1 Å². The lowest BCUT2D eigenvalue weighted by Crippen LogP contribution is -2.26. The van der Waals surface area contributed by atoms with Gasteiger partial charge in [0.25, 0.3) is 0 Å². The zero-order valence-electron chi connectivity index (χ0n) is 10.4. The normalized spacial score (nSPS) is 11.9. The number of benzene rings is 1. The summed E-state index contributed by atoms with van der Waals surface area (Å²) in [4.78, 5) is 12.1. The van der Waals surface area contributed by atoms with Gasteiger partial charge >= 0.3 is 5.69 Å². The van der Waals surface area contributed by atoms with Crippen molar-refractivity contribution in [1.82, 2.24) is 14.3 Å². The van der Waals surface area contributed by atoms with Gasteiger partial charge in [-0.05, 0) is 37.6 Å². The second-order valence-corrected chi connectivity index (χ2v) is 4.08. The van der Waals surface area contributed by atoms with Gasteiger partial charge in [-0.15, -0.1) is 12.4 Å². The molecule has 1 aromatic carbocycles. The van der Waals surface area contributed by atoms with E-state index in [1.165, 1.54) is 9.25 Å². The number of aromatic nitrogens is 3.